The van der Waals surface area contributed by atoms with Crippen molar-refractivity contribution >= 4 is 21.6 Å². The smallest absolute Gasteiger partial charge is 0.322 e. The second-order valence-corrected chi connectivity index (χ2v) is 7.82. The lowest BCUT2D eigenvalue weighted by atomic mass is 10.2. The quantitative estimate of drug-likeness (QED) is 0.833. The molecular formula is C15H22N2O5S. The fourth-order valence-corrected chi connectivity index (χ4v) is 4.40. The zero-order chi connectivity index (χ0) is 17.0. The van der Waals surface area contributed by atoms with E-state index in [0.29, 0.717) is 17.9 Å². The summed E-state index contributed by atoms with van der Waals surface area (Å²) in [6.45, 7) is 1.77. The van der Waals surface area contributed by atoms with Gasteiger partial charge in [0.1, 0.15) is 5.75 Å². The molecule has 1 atom stereocenters. The SMILES string of the molecule is COc1cc(NC(=O)N(CCO)[C@@H]2CCS(=O)(=O)C2)ccc1C. The molecule has 2 amide bonds. The normalized spacial score (nSPS) is 19.3. The third kappa shape index (κ3) is 4.35. The maximum absolute atomic E-state index is 12.5. The molecule has 0 unspecified atom stereocenters. The number of hydrogen-bond donors (Lipinski definition) is 2. The van der Waals surface area contributed by atoms with Gasteiger partial charge in [-0.2, -0.15) is 0 Å². The van der Waals surface area contributed by atoms with Gasteiger partial charge in [0.2, 0.25) is 0 Å². The summed E-state index contributed by atoms with van der Waals surface area (Å²) in [5, 5.41) is 11.9. The van der Waals surface area contributed by atoms with E-state index < -0.39 is 21.9 Å². The highest BCUT2D eigenvalue weighted by Crippen LogP contribution is 2.23. The van der Waals surface area contributed by atoms with Gasteiger partial charge in [0, 0.05) is 24.3 Å². The molecule has 1 aliphatic heterocycles. The number of sulfone groups is 1. The van der Waals surface area contributed by atoms with Crippen LogP contribution in [0.4, 0.5) is 10.5 Å². The second kappa shape index (κ2) is 7.18. The van der Waals surface area contributed by atoms with Crippen LogP contribution in [0.15, 0.2) is 18.2 Å². The number of nitrogens with zero attached hydrogens (tertiary/aromatic N) is 1. The summed E-state index contributed by atoms with van der Waals surface area (Å²) in [7, 11) is -1.55. The molecule has 0 aromatic heterocycles. The second-order valence-electron chi connectivity index (χ2n) is 5.59. The maximum Gasteiger partial charge on any atom is 0.322 e. The summed E-state index contributed by atoms with van der Waals surface area (Å²) in [5.74, 6) is 0.669. The van der Waals surface area contributed by atoms with Crippen LogP contribution in [0.2, 0.25) is 0 Å². The number of carbonyl (C=O) groups is 1. The number of urea groups is 1. The zero-order valence-corrected chi connectivity index (χ0v) is 14.1. The molecule has 128 valence electrons. The van der Waals surface area contributed by atoms with Crippen molar-refractivity contribution in [3.63, 3.8) is 0 Å². The molecular weight excluding hydrogens is 320 g/mol. The van der Waals surface area contributed by atoms with Crippen LogP contribution in [-0.2, 0) is 9.84 Å². The Morgan fingerprint density at radius 1 is 1.48 bits per heavy atom. The molecule has 1 aromatic carbocycles. The topological polar surface area (TPSA) is 95.9 Å². The summed E-state index contributed by atoms with van der Waals surface area (Å²) in [5.41, 5.74) is 1.50. The van der Waals surface area contributed by atoms with Crippen molar-refractivity contribution < 1.29 is 23.1 Å². The third-order valence-corrected chi connectivity index (χ3v) is 5.66. The Morgan fingerprint density at radius 3 is 2.78 bits per heavy atom. The van der Waals surface area contributed by atoms with Gasteiger partial charge in [-0.25, -0.2) is 13.2 Å². The molecule has 0 bridgehead atoms. The Hall–Kier alpha value is -1.80. The van der Waals surface area contributed by atoms with Crippen molar-refractivity contribution in [2.45, 2.75) is 19.4 Å². The molecule has 1 aliphatic rings. The molecule has 0 aliphatic carbocycles. The summed E-state index contributed by atoms with van der Waals surface area (Å²) < 4.78 is 28.4. The van der Waals surface area contributed by atoms with Gasteiger partial charge in [-0.1, -0.05) is 6.07 Å². The van der Waals surface area contributed by atoms with Crippen LogP contribution in [-0.4, -0.2) is 62.3 Å². The van der Waals surface area contributed by atoms with Crippen LogP contribution < -0.4 is 10.1 Å². The lowest BCUT2D eigenvalue weighted by Gasteiger charge is -2.27. The van der Waals surface area contributed by atoms with Gasteiger partial charge in [-0.15, -0.1) is 0 Å². The minimum Gasteiger partial charge on any atom is -0.496 e. The van der Waals surface area contributed by atoms with Crippen LogP contribution in [0.1, 0.15) is 12.0 Å². The Morgan fingerprint density at radius 2 is 2.22 bits per heavy atom. The van der Waals surface area contributed by atoms with Crippen molar-refractivity contribution in [2.24, 2.45) is 0 Å². The molecule has 8 heteroatoms. The van der Waals surface area contributed by atoms with Gasteiger partial charge in [-0.3, -0.25) is 0 Å². The number of aliphatic hydroxyl groups excluding tert-OH is 1. The third-order valence-electron chi connectivity index (χ3n) is 3.91. The van der Waals surface area contributed by atoms with E-state index in [1.807, 2.05) is 13.0 Å². The Bertz CT molecular complexity index is 674. The van der Waals surface area contributed by atoms with Crippen molar-refractivity contribution in [3.05, 3.63) is 23.8 Å². The Balaban J connectivity index is 2.12. The number of ether oxygens (including phenoxy) is 1. The van der Waals surface area contributed by atoms with Gasteiger partial charge in [-0.05, 0) is 25.0 Å². The minimum atomic E-state index is -3.10. The molecule has 1 saturated heterocycles. The molecule has 7 nitrogen and oxygen atoms in total. The molecule has 2 rings (SSSR count). The monoisotopic (exact) mass is 342 g/mol. The zero-order valence-electron chi connectivity index (χ0n) is 13.3. The highest BCUT2D eigenvalue weighted by atomic mass is 32.2. The van der Waals surface area contributed by atoms with Crippen LogP contribution in [0, 0.1) is 6.92 Å². The Labute approximate surface area is 136 Å². The van der Waals surface area contributed by atoms with Gasteiger partial charge in [0.15, 0.2) is 9.84 Å². The molecule has 1 heterocycles. The van der Waals surface area contributed by atoms with E-state index in [4.69, 9.17) is 9.84 Å². The maximum atomic E-state index is 12.5. The van der Waals surface area contributed by atoms with Crippen LogP contribution in [0.25, 0.3) is 0 Å². The fraction of sp³-hybridized carbons (Fsp3) is 0.533. The average Bonchev–Trinajstić information content (AvgIpc) is 2.86. The van der Waals surface area contributed by atoms with E-state index in [0.717, 1.165) is 5.56 Å². The van der Waals surface area contributed by atoms with E-state index in [1.165, 1.54) is 4.90 Å². The first-order valence-electron chi connectivity index (χ1n) is 7.40. The largest absolute Gasteiger partial charge is 0.496 e. The van der Waals surface area contributed by atoms with E-state index in [9.17, 15) is 13.2 Å². The Kier molecular flexibility index (Phi) is 5.48. The number of aliphatic hydroxyl groups is 1. The van der Waals surface area contributed by atoms with Crippen LogP contribution in [0.5, 0.6) is 5.75 Å². The van der Waals surface area contributed by atoms with E-state index in [2.05, 4.69) is 5.32 Å². The number of rotatable bonds is 5. The standard InChI is InChI=1S/C15H22N2O5S/c1-11-3-4-12(9-14(11)22-2)16-15(19)17(6-7-18)13-5-8-23(20,21)10-13/h3-4,9,13,18H,5-8,10H2,1-2H3,(H,16,19)/t13-/m1/s1. The summed E-state index contributed by atoms with van der Waals surface area (Å²) in [6.07, 6.45) is 0.396. The molecule has 2 N–H and O–H groups in total. The molecule has 1 fully saturated rings. The number of anilines is 1. The summed E-state index contributed by atoms with van der Waals surface area (Å²) in [4.78, 5) is 13.8. The fourth-order valence-electron chi connectivity index (χ4n) is 2.67. The number of amides is 2. The van der Waals surface area contributed by atoms with E-state index in [1.54, 1.807) is 19.2 Å². The number of carbonyl (C=O) groups excluding carboxylic acids is 1. The van der Waals surface area contributed by atoms with Crippen molar-refractivity contribution in [1.82, 2.24) is 4.90 Å². The minimum absolute atomic E-state index is 0.0579. The number of hydrogen-bond acceptors (Lipinski definition) is 5. The molecule has 23 heavy (non-hydrogen) atoms. The number of benzene rings is 1. The average molecular weight is 342 g/mol. The summed E-state index contributed by atoms with van der Waals surface area (Å²) >= 11 is 0. The van der Waals surface area contributed by atoms with E-state index >= 15 is 0 Å². The van der Waals surface area contributed by atoms with Gasteiger partial charge < -0.3 is 20.1 Å². The lowest BCUT2D eigenvalue weighted by Crippen LogP contribution is -2.45. The lowest BCUT2D eigenvalue weighted by molar-refractivity contribution is 0.169. The van der Waals surface area contributed by atoms with Crippen molar-refractivity contribution in [2.75, 3.05) is 37.1 Å². The molecule has 0 saturated carbocycles. The van der Waals surface area contributed by atoms with E-state index in [-0.39, 0.29) is 24.7 Å². The van der Waals surface area contributed by atoms with Gasteiger partial charge in [0.05, 0.1) is 25.2 Å². The predicted molar refractivity (Wildman–Crippen MR) is 87.6 cm³/mol. The molecule has 0 spiro atoms. The number of nitrogens with one attached hydrogen (secondary N) is 1. The van der Waals surface area contributed by atoms with Crippen LogP contribution in [0.3, 0.4) is 0 Å². The highest BCUT2D eigenvalue weighted by Gasteiger charge is 2.34. The molecule has 0 radical (unpaired) electrons. The van der Waals surface area contributed by atoms with Crippen molar-refractivity contribution in [3.8, 4) is 5.75 Å². The van der Waals surface area contributed by atoms with Gasteiger partial charge >= 0.3 is 6.03 Å². The first-order valence-corrected chi connectivity index (χ1v) is 9.22. The van der Waals surface area contributed by atoms with Crippen LogP contribution >= 0.6 is 0 Å². The first-order chi connectivity index (χ1) is 10.9. The summed E-state index contributed by atoms with van der Waals surface area (Å²) in [6, 6.07) is 4.45. The highest BCUT2D eigenvalue weighted by molar-refractivity contribution is 7.91. The first kappa shape index (κ1) is 17.6. The number of methoxy groups -OCH3 is 1. The van der Waals surface area contributed by atoms with Gasteiger partial charge in [0.25, 0.3) is 0 Å². The predicted octanol–water partition coefficient (Wildman–Crippen LogP) is 1.02. The molecule has 1 aromatic rings. The number of aryl methyl sites for hydroxylation is 1. The van der Waals surface area contributed by atoms with Crippen molar-refractivity contribution in [1.29, 1.82) is 0 Å².